The second-order valence-electron chi connectivity index (χ2n) is 14.5. The molecule has 6 aromatic rings. The molecule has 1 N–H and O–H groups in total. The number of aromatic nitrogens is 5. The number of halogens is 1. The minimum absolute atomic E-state index is 0.254. The number of carboxylic acids is 1. The van der Waals surface area contributed by atoms with Crippen LogP contribution in [-0.2, 0) is 27.7 Å². The van der Waals surface area contributed by atoms with E-state index in [1.54, 1.807) is 13.1 Å². The molecule has 4 aromatic heterocycles. The van der Waals surface area contributed by atoms with Crippen molar-refractivity contribution in [2.75, 3.05) is 19.8 Å². The topological polar surface area (TPSA) is 114 Å². The predicted octanol–water partition coefficient (Wildman–Crippen LogP) is 7.91. The number of carboxylic acid groups (broad SMARTS) is 1. The molecule has 262 valence electrons. The summed E-state index contributed by atoms with van der Waals surface area (Å²) in [5.41, 5.74) is 8.13. The zero-order chi connectivity index (χ0) is 35.8. The van der Waals surface area contributed by atoms with Gasteiger partial charge in [-0.15, -0.1) is 0 Å². The number of carbonyl (C=O) groups is 1. The number of rotatable bonds is 7. The first-order valence-corrected chi connectivity index (χ1v) is 17.3. The first-order valence-electron chi connectivity index (χ1n) is 17.3. The zero-order valence-electron chi connectivity index (χ0n) is 29.6. The normalized spacial score (nSPS) is 15.5. The molecule has 0 spiro atoms. The molecule has 2 aliphatic heterocycles. The van der Waals surface area contributed by atoms with Crippen LogP contribution in [0.3, 0.4) is 0 Å². The Bertz CT molecular complexity index is 2370. The number of aryl methyl sites for hydroxylation is 2. The van der Waals surface area contributed by atoms with Crippen LogP contribution < -0.4 is 4.74 Å². The van der Waals surface area contributed by atoms with E-state index in [0.717, 1.165) is 51.0 Å². The van der Waals surface area contributed by atoms with E-state index in [0.29, 0.717) is 59.7 Å². The van der Waals surface area contributed by atoms with Gasteiger partial charge in [-0.2, -0.15) is 5.10 Å². The number of hydrogen-bond donors (Lipinski definition) is 1. The number of aliphatic carboxylic acids is 1. The summed E-state index contributed by atoms with van der Waals surface area (Å²) in [7, 11) is 1.94. The molecule has 2 aliphatic rings. The van der Waals surface area contributed by atoms with Gasteiger partial charge in [0.05, 0.1) is 54.6 Å². The summed E-state index contributed by atoms with van der Waals surface area (Å²) < 4.78 is 37.2. The molecule has 8 rings (SSSR count). The Labute approximate surface area is 294 Å². The van der Waals surface area contributed by atoms with Crippen molar-refractivity contribution in [3.63, 3.8) is 0 Å². The monoisotopic (exact) mass is 689 g/mol. The minimum Gasteiger partial charge on any atom is -0.490 e. The van der Waals surface area contributed by atoms with Crippen LogP contribution in [0.5, 0.6) is 5.75 Å². The number of ether oxygens (including phenoxy) is 3. The molecule has 0 aliphatic carbocycles. The van der Waals surface area contributed by atoms with Crippen molar-refractivity contribution in [3.05, 3.63) is 83.1 Å². The van der Waals surface area contributed by atoms with E-state index < -0.39 is 23.5 Å². The highest BCUT2D eigenvalue weighted by Crippen LogP contribution is 2.46. The average Bonchev–Trinajstić information content (AvgIpc) is 3.64. The average molecular weight is 690 g/mol. The van der Waals surface area contributed by atoms with Crippen LogP contribution in [0.15, 0.2) is 54.9 Å². The maximum atomic E-state index is 15.9. The molecule has 0 saturated carbocycles. The lowest BCUT2D eigenvalue weighted by Crippen LogP contribution is -2.31. The molecule has 2 aromatic carbocycles. The molecule has 11 heteroatoms. The fourth-order valence-electron chi connectivity index (χ4n) is 7.46. The van der Waals surface area contributed by atoms with E-state index in [9.17, 15) is 9.90 Å². The van der Waals surface area contributed by atoms with Gasteiger partial charge in [0.1, 0.15) is 5.65 Å². The standard InChI is InChI=1S/C40H40FN5O5/c1-21-27-8-7-13-50-36(27)30(41)16-28(21)35-29-17-33(45(6)38(29)44-22(2)34(35)37(39(47)48)51-40(3,4)5)24-11-12-42-31(15-24)23-9-10-32-25(14-23)18-43-46(32)26-19-49-20-26/h9-12,14-18,26,37H,7-8,13,19-20H2,1-6H3,(H,47,48)/t37-/m0/s1. The fourth-order valence-corrected chi connectivity index (χ4v) is 7.46. The van der Waals surface area contributed by atoms with Gasteiger partial charge in [0.2, 0.25) is 0 Å². The predicted molar refractivity (Wildman–Crippen MR) is 192 cm³/mol. The van der Waals surface area contributed by atoms with Gasteiger partial charge in [-0.05, 0) is 95.0 Å². The Hall–Kier alpha value is -5.13. The van der Waals surface area contributed by atoms with Gasteiger partial charge in [0.25, 0.3) is 0 Å². The number of hydrogen-bond acceptors (Lipinski definition) is 7. The van der Waals surface area contributed by atoms with E-state index in [-0.39, 0.29) is 11.8 Å². The Kier molecular flexibility index (Phi) is 7.95. The van der Waals surface area contributed by atoms with E-state index in [2.05, 4.69) is 23.3 Å². The van der Waals surface area contributed by atoms with Gasteiger partial charge in [-0.3, -0.25) is 9.67 Å². The maximum absolute atomic E-state index is 15.9. The third-order valence-corrected chi connectivity index (χ3v) is 9.98. The third-order valence-electron chi connectivity index (χ3n) is 9.98. The van der Waals surface area contributed by atoms with Crippen LogP contribution in [0.25, 0.3) is 55.6 Å². The summed E-state index contributed by atoms with van der Waals surface area (Å²) in [5, 5.41) is 16.9. The first kappa shape index (κ1) is 33.0. The molecule has 6 heterocycles. The SMILES string of the molecule is Cc1nc2c(cc(-c3ccnc(-c4ccc5c(cnn5C5COC5)c4)c3)n2C)c(-c2cc(F)c3c(c2C)CCCO3)c1[C@H](OC(C)(C)C)C(=O)O. The van der Waals surface area contributed by atoms with E-state index >= 15 is 4.39 Å². The highest BCUT2D eigenvalue weighted by molar-refractivity contribution is 6.01. The number of pyridine rings is 2. The first-order chi connectivity index (χ1) is 24.4. The lowest BCUT2D eigenvalue weighted by molar-refractivity contribution is -0.160. The van der Waals surface area contributed by atoms with Crippen LogP contribution in [-0.4, -0.2) is 60.8 Å². The van der Waals surface area contributed by atoms with Crippen molar-refractivity contribution >= 4 is 27.9 Å². The van der Waals surface area contributed by atoms with Crippen LogP contribution in [0, 0.1) is 19.7 Å². The summed E-state index contributed by atoms with van der Waals surface area (Å²) in [6.07, 6.45) is 3.75. The van der Waals surface area contributed by atoms with Gasteiger partial charge in [0.15, 0.2) is 17.7 Å². The van der Waals surface area contributed by atoms with E-state index in [4.69, 9.17) is 24.2 Å². The van der Waals surface area contributed by atoms with Crippen molar-refractivity contribution in [2.24, 2.45) is 7.05 Å². The molecule has 0 unspecified atom stereocenters. The van der Waals surface area contributed by atoms with Crippen molar-refractivity contribution in [1.82, 2.24) is 24.3 Å². The lowest BCUT2D eigenvalue weighted by atomic mass is 9.86. The van der Waals surface area contributed by atoms with Crippen LogP contribution >= 0.6 is 0 Å². The quantitative estimate of drug-likeness (QED) is 0.180. The molecular formula is C40H40FN5O5. The molecule has 0 bridgehead atoms. The summed E-state index contributed by atoms with van der Waals surface area (Å²) in [6.45, 7) is 11.0. The minimum atomic E-state index is -1.35. The van der Waals surface area contributed by atoms with Crippen LogP contribution in [0.2, 0.25) is 0 Å². The van der Waals surface area contributed by atoms with Gasteiger partial charge in [0, 0.05) is 57.5 Å². The summed E-state index contributed by atoms with van der Waals surface area (Å²) >= 11 is 0. The van der Waals surface area contributed by atoms with E-state index in [1.165, 1.54) is 6.07 Å². The van der Waals surface area contributed by atoms with Crippen molar-refractivity contribution in [1.29, 1.82) is 0 Å². The molecule has 1 saturated heterocycles. The second kappa shape index (κ2) is 12.3. The van der Waals surface area contributed by atoms with Crippen molar-refractivity contribution < 1.29 is 28.5 Å². The molecule has 1 fully saturated rings. The molecule has 0 radical (unpaired) electrons. The smallest absolute Gasteiger partial charge is 0.337 e. The van der Waals surface area contributed by atoms with Gasteiger partial charge < -0.3 is 23.9 Å². The van der Waals surface area contributed by atoms with E-state index in [1.807, 2.05) is 68.4 Å². The maximum Gasteiger partial charge on any atom is 0.337 e. The molecule has 1 atom stereocenters. The second-order valence-corrected chi connectivity index (χ2v) is 14.5. The Morgan fingerprint density at radius 3 is 2.63 bits per heavy atom. The fraction of sp³-hybridized carbons (Fsp3) is 0.350. The molecule has 51 heavy (non-hydrogen) atoms. The Morgan fingerprint density at radius 1 is 1.10 bits per heavy atom. The highest BCUT2D eigenvalue weighted by Gasteiger charge is 2.34. The summed E-state index contributed by atoms with van der Waals surface area (Å²) in [5.74, 6) is -1.35. The Balaban J connectivity index is 1.32. The lowest BCUT2D eigenvalue weighted by Gasteiger charge is -2.29. The Morgan fingerprint density at radius 2 is 1.90 bits per heavy atom. The van der Waals surface area contributed by atoms with Gasteiger partial charge in [-0.1, -0.05) is 6.07 Å². The number of nitrogens with zero attached hydrogens (tertiary/aromatic N) is 5. The van der Waals surface area contributed by atoms with Gasteiger partial charge in [-0.25, -0.2) is 14.2 Å². The van der Waals surface area contributed by atoms with Gasteiger partial charge >= 0.3 is 5.97 Å². The molecular weight excluding hydrogens is 649 g/mol. The largest absolute Gasteiger partial charge is 0.490 e. The van der Waals surface area contributed by atoms with Crippen LogP contribution in [0.1, 0.15) is 61.7 Å². The summed E-state index contributed by atoms with van der Waals surface area (Å²) in [6, 6.07) is 14.0. The zero-order valence-corrected chi connectivity index (χ0v) is 29.6. The third kappa shape index (κ3) is 5.64. The molecule has 0 amide bonds. The molecule has 10 nitrogen and oxygen atoms in total. The number of fused-ring (bicyclic) bond motifs is 3. The highest BCUT2D eigenvalue weighted by atomic mass is 19.1. The van der Waals surface area contributed by atoms with Crippen molar-refractivity contribution in [2.45, 2.75) is 65.2 Å². The number of benzene rings is 2. The summed E-state index contributed by atoms with van der Waals surface area (Å²) in [4.78, 5) is 22.7. The van der Waals surface area contributed by atoms with Crippen molar-refractivity contribution in [3.8, 4) is 39.4 Å². The van der Waals surface area contributed by atoms with Crippen LogP contribution in [0.4, 0.5) is 4.39 Å².